The summed E-state index contributed by atoms with van der Waals surface area (Å²) in [6.07, 6.45) is 5.71. The van der Waals surface area contributed by atoms with Gasteiger partial charge in [0.15, 0.2) is 12.4 Å². The molecule has 1 saturated carbocycles. The Morgan fingerprint density at radius 1 is 1.11 bits per heavy atom. The van der Waals surface area contributed by atoms with Crippen molar-refractivity contribution in [2.24, 2.45) is 5.92 Å². The number of carbonyl (C=O) groups excluding carboxylic acids is 3. The number of anilines is 1. The van der Waals surface area contributed by atoms with E-state index in [1.54, 1.807) is 24.3 Å². The Kier molecular flexibility index (Phi) is 6.47. The molecule has 1 fully saturated rings. The Bertz CT molecular complexity index is 831. The summed E-state index contributed by atoms with van der Waals surface area (Å²) in [5.74, 6) is -0.921. The number of hydrogen-bond donors (Lipinski definition) is 2. The van der Waals surface area contributed by atoms with Crippen LogP contribution in [-0.2, 0) is 9.53 Å². The van der Waals surface area contributed by atoms with Crippen molar-refractivity contribution in [2.45, 2.75) is 38.6 Å². The van der Waals surface area contributed by atoms with Gasteiger partial charge in [0.25, 0.3) is 11.8 Å². The molecule has 1 aliphatic carbocycles. The molecular weight excluding hydrogens is 360 g/mol. The Morgan fingerprint density at radius 2 is 1.89 bits per heavy atom. The van der Waals surface area contributed by atoms with Crippen LogP contribution >= 0.6 is 0 Å². The SMILES string of the molecule is C[C@@H]1CCCC[C@@H]1NC(=O)COC(=O)c1ccccc1NC(=O)c1ccco1. The number of para-hydroxylation sites is 1. The number of amides is 2. The molecule has 7 heteroatoms. The molecule has 1 heterocycles. The van der Waals surface area contributed by atoms with Crippen LogP contribution in [0, 0.1) is 5.92 Å². The summed E-state index contributed by atoms with van der Waals surface area (Å²) in [5.41, 5.74) is 0.455. The first kappa shape index (κ1) is 19.7. The van der Waals surface area contributed by atoms with Crippen molar-refractivity contribution in [3.63, 3.8) is 0 Å². The normalized spacial score (nSPS) is 18.9. The maximum absolute atomic E-state index is 12.4. The molecule has 0 bridgehead atoms. The third kappa shape index (κ3) is 5.00. The number of nitrogens with one attached hydrogen (secondary N) is 2. The zero-order valence-electron chi connectivity index (χ0n) is 15.8. The standard InChI is InChI=1S/C21H24N2O5/c1-14-7-2-4-9-16(14)22-19(24)13-28-21(26)15-8-3-5-10-17(15)23-20(25)18-11-6-12-27-18/h3,5-6,8,10-12,14,16H,2,4,7,9,13H2,1H3,(H,22,24)(H,23,25)/t14-,16+/m1/s1. The topological polar surface area (TPSA) is 97.6 Å². The van der Waals surface area contributed by atoms with Crippen LogP contribution in [0.3, 0.4) is 0 Å². The second kappa shape index (κ2) is 9.21. The number of hydrogen-bond acceptors (Lipinski definition) is 5. The first-order chi connectivity index (χ1) is 13.5. The highest BCUT2D eigenvalue weighted by molar-refractivity contribution is 6.06. The minimum Gasteiger partial charge on any atom is -0.459 e. The van der Waals surface area contributed by atoms with Gasteiger partial charge in [-0.3, -0.25) is 9.59 Å². The highest BCUT2D eigenvalue weighted by Crippen LogP contribution is 2.23. The number of benzene rings is 1. The summed E-state index contributed by atoms with van der Waals surface area (Å²) in [6, 6.07) is 9.70. The molecule has 0 aliphatic heterocycles. The van der Waals surface area contributed by atoms with Crippen molar-refractivity contribution in [3.8, 4) is 0 Å². The number of carbonyl (C=O) groups is 3. The number of rotatable bonds is 6. The average Bonchev–Trinajstić information content (AvgIpc) is 3.23. The zero-order chi connectivity index (χ0) is 19.9. The van der Waals surface area contributed by atoms with Gasteiger partial charge in [0.1, 0.15) is 0 Å². The van der Waals surface area contributed by atoms with Crippen LogP contribution in [-0.4, -0.2) is 30.4 Å². The highest BCUT2D eigenvalue weighted by Gasteiger charge is 2.23. The van der Waals surface area contributed by atoms with E-state index in [9.17, 15) is 14.4 Å². The molecule has 2 aromatic rings. The van der Waals surface area contributed by atoms with E-state index in [-0.39, 0.29) is 35.6 Å². The first-order valence-electron chi connectivity index (χ1n) is 9.45. The number of esters is 1. The molecule has 0 saturated heterocycles. The quantitative estimate of drug-likeness (QED) is 0.744. The van der Waals surface area contributed by atoms with Gasteiger partial charge >= 0.3 is 5.97 Å². The van der Waals surface area contributed by atoms with E-state index in [2.05, 4.69) is 17.6 Å². The Labute approximate surface area is 163 Å². The van der Waals surface area contributed by atoms with Crippen LogP contribution in [0.25, 0.3) is 0 Å². The fraction of sp³-hybridized carbons (Fsp3) is 0.381. The largest absolute Gasteiger partial charge is 0.459 e. The van der Waals surface area contributed by atoms with Crippen LogP contribution < -0.4 is 10.6 Å². The minimum absolute atomic E-state index is 0.125. The van der Waals surface area contributed by atoms with E-state index >= 15 is 0 Å². The van der Waals surface area contributed by atoms with E-state index in [4.69, 9.17) is 9.15 Å². The van der Waals surface area contributed by atoms with Gasteiger partial charge in [-0.1, -0.05) is 31.9 Å². The number of ether oxygens (including phenoxy) is 1. The predicted octanol–water partition coefficient (Wildman–Crippen LogP) is 3.38. The molecule has 2 amide bonds. The van der Waals surface area contributed by atoms with Gasteiger partial charge in [0, 0.05) is 6.04 Å². The third-order valence-electron chi connectivity index (χ3n) is 4.93. The second-order valence-electron chi connectivity index (χ2n) is 6.99. The molecule has 0 spiro atoms. The molecule has 0 radical (unpaired) electrons. The summed E-state index contributed by atoms with van der Waals surface area (Å²) in [5, 5.41) is 5.56. The molecule has 1 aromatic carbocycles. The van der Waals surface area contributed by atoms with Crippen LogP contribution in [0.15, 0.2) is 47.1 Å². The molecule has 1 aromatic heterocycles. The van der Waals surface area contributed by atoms with Crippen molar-refractivity contribution < 1.29 is 23.5 Å². The molecule has 2 N–H and O–H groups in total. The smallest absolute Gasteiger partial charge is 0.340 e. The van der Waals surface area contributed by atoms with Gasteiger partial charge < -0.3 is 19.8 Å². The molecular formula is C21H24N2O5. The maximum Gasteiger partial charge on any atom is 0.340 e. The van der Waals surface area contributed by atoms with Gasteiger partial charge in [-0.05, 0) is 43.0 Å². The van der Waals surface area contributed by atoms with E-state index in [0.29, 0.717) is 5.92 Å². The van der Waals surface area contributed by atoms with Crippen LogP contribution in [0.2, 0.25) is 0 Å². The summed E-state index contributed by atoms with van der Waals surface area (Å²) in [4.78, 5) is 36.7. The van der Waals surface area contributed by atoms with Gasteiger partial charge in [0.2, 0.25) is 0 Å². The average molecular weight is 384 g/mol. The molecule has 1 aliphatic rings. The van der Waals surface area contributed by atoms with Gasteiger partial charge in [-0.2, -0.15) is 0 Å². The third-order valence-corrected chi connectivity index (χ3v) is 4.93. The lowest BCUT2D eigenvalue weighted by molar-refractivity contribution is -0.125. The second-order valence-corrected chi connectivity index (χ2v) is 6.99. The van der Waals surface area contributed by atoms with Crippen LogP contribution in [0.5, 0.6) is 0 Å². The Hall–Kier alpha value is -3.09. The lowest BCUT2D eigenvalue weighted by Gasteiger charge is -2.29. The van der Waals surface area contributed by atoms with Crippen molar-refractivity contribution in [1.82, 2.24) is 5.32 Å². The fourth-order valence-corrected chi connectivity index (χ4v) is 3.35. The van der Waals surface area contributed by atoms with Crippen molar-refractivity contribution in [1.29, 1.82) is 0 Å². The monoisotopic (exact) mass is 384 g/mol. The molecule has 7 nitrogen and oxygen atoms in total. The molecule has 2 atom stereocenters. The van der Waals surface area contributed by atoms with Crippen LogP contribution in [0.1, 0.15) is 53.5 Å². The van der Waals surface area contributed by atoms with E-state index in [1.165, 1.54) is 24.8 Å². The van der Waals surface area contributed by atoms with Crippen molar-refractivity contribution >= 4 is 23.5 Å². The fourth-order valence-electron chi connectivity index (χ4n) is 3.35. The Balaban J connectivity index is 1.57. The van der Waals surface area contributed by atoms with Gasteiger partial charge in [0.05, 0.1) is 17.5 Å². The summed E-state index contributed by atoms with van der Waals surface area (Å²) >= 11 is 0. The van der Waals surface area contributed by atoms with E-state index in [1.807, 2.05) is 0 Å². The summed E-state index contributed by atoms with van der Waals surface area (Å²) in [7, 11) is 0. The van der Waals surface area contributed by atoms with Crippen molar-refractivity contribution in [3.05, 3.63) is 54.0 Å². The lowest BCUT2D eigenvalue weighted by atomic mass is 9.86. The molecule has 28 heavy (non-hydrogen) atoms. The van der Waals surface area contributed by atoms with E-state index in [0.717, 1.165) is 19.3 Å². The zero-order valence-corrected chi connectivity index (χ0v) is 15.8. The highest BCUT2D eigenvalue weighted by atomic mass is 16.5. The summed E-state index contributed by atoms with van der Waals surface area (Å²) in [6.45, 7) is 1.76. The summed E-state index contributed by atoms with van der Waals surface area (Å²) < 4.78 is 10.2. The lowest BCUT2D eigenvalue weighted by Crippen LogP contribution is -2.42. The molecule has 0 unspecified atom stereocenters. The van der Waals surface area contributed by atoms with E-state index < -0.39 is 11.9 Å². The Morgan fingerprint density at radius 3 is 2.64 bits per heavy atom. The van der Waals surface area contributed by atoms with Gasteiger partial charge in [-0.15, -0.1) is 0 Å². The molecule has 3 rings (SSSR count). The number of furan rings is 1. The minimum atomic E-state index is -0.679. The first-order valence-corrected chi connectivity index (χ1v) is 9.45. The predicted molar refractivity (Wildman–Crippen MR) is 103 cm³/mol. The molecule has 148 valence electrons. The van der Waals surface area contributed by atoms with Crippen LogP contribution in [0.4, 0.5) is 5.69 Å². The van der Waals surface area contributed by atoms with Gasteiger partial charge in [-0.25, -0.2) is 4.79 Å². The maximum atomic E-state index is 12.4. The van der Waals surface area contributed by atoms with Crippen molar-refractivity contribution in [2.75, 3.05) is 11.9 Å².